The number of carbonyl (C=O) groups excluding carboxylic acids is 2. The van der Waals surface area contributed by atoms with E-state index in [0.717, 1.165) is 17.7 Å². The van der Waals surface area contributed by atoms with Crippen LogP contribution in [0.4, 0.5) is 16.2 Å². The number of amides is 3. The summed E-state index contributed by atoms with van der Waals surface area (Å²) in [5.74, 6) is -0.733. The Balaban J connectivity index is 1.71. The van der Waals surface area contributed by atoms with Gasteiger partial charge in [-0.3, -0.25) is 9.59 Å². The van der Waals surface area contributed by atoms with Crippen molar-refractivity contribution in [2.45, 2.75) is 39.5 Å². The first kappa shape index (κ1) is 18.2. The minimum absolute atomic E-state index is 0.140. The Kier molecular flexibility index (Phi) is 4.89. The van der Waals surface area contributed by atoms with Gasteiger partial charge in [0.2, 0.25) is 5.91 Å². The number of hydrogen-bond donors (Lipinski definition) is 2. The van der Waals surface area contributed by atoms with Crippen LogP contribution in [0.25, 0.3) is 0 Å². The predicted molar refractivity (Wildman–Crippen MR) is 98.4 cm³/mol. The minimum atomic E-state index is -0.881. The molecule has 0 spiro atoms. The van der Waals surface area contributed by atoms with Crippen LogP contribution in [-0.4, -0.2) is 47.5 Å². The van der Waals surface area contributed by atoms with Crippen LogP contribution in [0.15, 0.2) is 18.2 Å². The lowest BCUT2D eigenvalue weighted by atomic mass is 9.90. The molecule has 0 aliphatic carbocycles. The zero-order valence-electron chi connectivity index (χ0n) is 15.2. The van der Waals surface area contributed by atoms with Gasteiger partial charge in [0.1, 0.15) is 0 Å². The third-order valence-corrected chi connectivity index (χ3v) is 5.25. The standard InChI is InChI=1S/C19H25N3O4/c1-3-9-22-15-6-5-14(11-13(15)4-7-16(22)23)20-18(26)21-10-8-19(2,12-21)17(24)25/h5-6,11H,3-4,7-10,12H2,1-2H3,(H,20,26)(H,24,25). The predicted octanol–water partition coefficient (Wildman–Crippen LogP) is 2.70. The summed E-state index contributed by atoms with van der Waals surface area (Å²) in [6.07, 6.45) is 2.49. The molecule has 7 nitrogen and oxygen atoms in total. The van der Waals surface area contributed by atoms with Crippen LogP contribution in [0.1, 0.15) is 38.7 Å². The van der Waals surface area contributed by atoms with Crippen molar-refractivity contribution in [3.8, 4) is 0 Å². The number of urea groups is 1. The van der Waals surface area contributed by atoms with Crippen molar-refractivity contribution in [2.24, 2.45) is 5.41 Å². The van der Waals surface area contributed by atoms with Crippen LogP contribution in [-0.2, 0) is 16.0 Å². The van der Waals surface area contributed by atoms with Gasteiger partial charge in [-0.05, 0) is 49.9 Å². The van der Waals surface area contributed by atoms with Crippen molar-refractivity contribution in [3.05, 3.63) is 23.8 Å². The number of likely N-dealkylation sites (tertiary alicyclic amines) is 1. The average Bonchev–Trinajstić information content (AvgIpc) is 3.01. The van der Waals surface area contributed by atoms with Gasteiger partial charge in [0.05, 0.1) is 5.41 Å². The van der Waals surface area contributed by atoms with Gasteiger partial charge in [-0.2, -0.15) is 0 Å². The normalized spacial score (nSPS) is 22.3. The van der Waals surface area contributed by atoms with Crippen molar-refractivity contribution in [3.63, 3.8) is 0 Å². The summed E-state index contributed by atoms with van der Waals surface area (Å²) in [7, 11) is 0. The van der Waals surface area contributed by atoms with E-state index in [2.05, 4.69) is 5.32 Å². The highest BCUT2D eigenvalue weighted by Crippen LogP contribution is 2.32. The Morgan fingerprint density at radius 2 is 2.08 bits per heavy atom. The van der Waals surface area contributed by atoms with Crippen LogP contribution < -0.4 is 10.2 Å². The molecule has 3 amide bonds. The molecule has 2 aliphatic rings. The molecule has 0 bridgehead atoms. The number of nitrogens with one attached hydrogen (secondary N) is 1. The number of fused-ring (bicyclic) bond motifs is 1. The van der Waals surface area contributed by atoms with Crippen molar-refractivity contribution in [1.82, 2.24) is 4.90 Å². The number of aliphatic carboxylic acids is 1. The summed E-state index contributed by atoms with van der Waals surface area (Å²) in [5.41, 5.74) is 1.76. The fraction of sp³-hybridized carbons (Fsp3) is 0.526. The number of carboxylic acids is 1. The zero-order chi connectivity index (χ0) is 18.9. The molecule has 2 aliphatic heterocycles. The van der Waals surface area contributed by atoms with Crippen LogP contribution >= 0.6 is 0 Å². The van der Waals surface area contributed by atoms with E-state index in [4.69, 9.17) is 0 Å². The largest absolute Gasteiger partial charge is 0.481 e. The molecular formula is C19H25N3O4. The highest BCUT2D eigenvalue weighted by Gasteiger charge is 2.42. The van der Waals surface area contributed by atoms with E-state index in [9.17, 15) is 19.5 Å². The van der Waals surface area contributed by atoms with E-state index in [1.54, 1.807) is 17.9 Å². The molecular weight excluding hydrogens is 334 g/mol. The quantitative estimate of drug-likeness (QED) is 0.865. The zero-order valence-corrected chi connectivity index (χ0v) is 15.2. The van der Waals surface area contributed by atoms with Gasteiger partial charge in [-0.1, -0.05) is 6.92 Å². The molecule has 1 unspecified atom stereocenters. The van der Waals surface area contributed by atoms with Crippen molar-refractivity contribution < 1.29 is 19.5 Å². The molecule has 3 rings (SSSR count). The second-order valence-corrected chi connectivity index (χ2v) is 7.36. The van der Waals surface area contributed by atoms with E-state index < -0.39 is 11.4 Å². The van der Waals surface area contributed by atoms with Crippen LogP contribution in [0.3, 0.4) is 0 Å². The molecule has 0 aromatic heterocycles. The van der Waals surface area contributed by atoms with Gasteiger partial charge in [-0.15, -0.1) is 0 Å². The Morgan fingerprint density at radius 1 is 1.31 bits per heavy atom. The third-order valence-electron chi connectivity index (χ3n) is 5.25. The van der Waals surface area contributed by atoms with Crippen LogP contribution in [0.2, 0.25) is 0 Å². The Hall–Kier alpha value is -2.57. The summed E-state index contributed by atoms with van der Waals surface area (Å²) >= 11 is 0. The lowest BCUT2D eigenvalue weighted by molar-refractivity contribution is -0.147. The van der Waals surface area contributed by atoms with Crippen LogP contribution in [0.5, 0.6) is 0 Å². The lowest BCUT2D eigenvalue weighted by Crippen LogP contribution is -2.37. The first-order valence-electron chi connectivity index (χ1n) is 9.06. The first-order chi connectivity index (χ1) is 12.3. The SMILES string of the molecule is CCCN1C(=O)CCc2cc(NC(=O)N3CCC(C)(C(=O)O)C3)ccc21. The fourth-order valence-corrected chi connectivity index (χ4v) is 3.62. The average molecular weight is 359 g/mol. The Morgan fingerprint density at radius 3 is 2.73 bits per heavy atom. The van der Waals surface area contributed by atoms with Gasteiger partial charge in [0, 0.05) is 37.4 Å². The maximum atomic E-state index is 12.5. The van der Waals surface area contributed by atoms with Crippen LogP contribution in [0, 0.1) is 5.41 Å². The summed E-state index contributed by atoms with van der Waals surface area (Å²) < 4.78 is 0. The molecule has 0 radical (unpaired) electrons. The number of anilines is 2. The first-order valence-corrected chi connectivity index (χ1v) is 9.06. The summed E-state index contributed by atoms with van der Waals surface area (Å²) in [6, 6.07) is 5.30. The Bertz CT molecular complexity index is 748. The molecule has 1 fully saturated rings. The highest BCUT2D eigenvalue weighted by atomic mass is 16.4. The van der Waals surface area contributed by atoms with Crippen molar-refractivity contribution >= 4 is 29.3 Å². The monoisotopic (exact) mass is 359 g/mol. The van der Waals surface area contributed by atoms with E-state index in [1.807, 2.05) is 24.0 Å². The van der Waals surface area contributed by atoms with Gasteiger partial charge >= 0.3 is 12.0 Å². The number of nitrogens with zero attached hydrogens (tertiary/aromatic N) is 2. The van der Waals surface area contributed by atoms with E-state index >= 15 is 0 Å². The van der Waals surface area contributed by atoms with E-state index in [1.165, 1.54) is 0 Å². The van der Waals surface area contributed by atoms with Crippen molar-refractivity contribution in [1.29, 1.82) is 0 Å². The summed E-state index contributed by atoms with van der Waals surface area (Å²) in [5, 5.41) is 12.2. The fourth-order valence-electron chi connectivity index (χ4n) is 3.62. The molecule has 1 aromatic rings. The van der Waals surface area contributed by atoms with Crippen molar-refractivity contribution in [2.75, 3.05) is 29.9 Å². The molecule has 1 aromatic carbocycles. The topological polar surface area (TPSA) is 90.0 Å². The number of hydrogen-bond acceptors (Lipinski definition) is 3. The molecule has 7 heteroatoms. The third kappa shape index (κ3) is 3.38. The van der Waals surface area contributed by atoms with E-state index in [-0.39, 0.29) is 18.5 Å². The second-order valence-electron chi connectivity index (χ2n) is 7.36. The lowest BCUT2D eigenvalue weighted by Gasteiger charge is -2.29. The summed E-state index contributed by atoms with van der Waals surface area (Å²) in [4.78, 5) is 39.3. The summed E-state index contributed by atoms with van der Waals surface area (Å²) in [6.45, 7) is 5.03. The van der Waals surface area contributed by atoms with Gasteiger partial charge in [0.15, 0.2) is 0 Å². The minimum Gasteiger partial charge on any atom is -0.481 e. The molecule has 140 valence electrons. The Labute approximate surface area is 153 Å². The van der Waals surface area contributed by atoms with Gasteiger partial charge < -0.3 is 20.2 Å². The molecule has 1 atom stereocenters. The number of carbonyl (C=O) groups is 3. The number of aryl methyl sites for hydroxylation is 1. The molecule has 2 heterocycles. The maximum Gasteiger partial charge on any atom is 0.321 e. The smallest absolute Gasteiger partial charge is 0.321 e. The molecule has 2 N–H and O–H groups in total. The maximum absolute atomic E-state index is 12.5. The van der Waals surface area contributed by atoms with Gasteiger partial charge in [0.25, 0.3) is 0 Å². The molecule has 26 heavy (non-hydrogen) atoms. The number of rotatable bonds is 4. The molecule has 1 saturated heterocycles. The number of carboxylic acid groups (broad SMARTS) is 1. The molecule has 0 saturated carbocycles. The van der Waals surface area contributed by atoms with Gasteiger partial charge in [-0.25, -0.2) is 4.79 Å². The second kappa shape index (κ2) is 6.97. The highest BCUT2D eigenvalue weighted by molar-refractivity contribution is 5.97. The van der Waals surface area contributed by atoms with E-state index in [0.29, 0.717) is 38.0 Å². The number of benzene rings is 1.